The van der Waals surface area contributed by atoms with E-state index in [-0.39, 0.29) is 11.4 Å². The van der Waals surface area contributed by atoms with Crippen molar-refractivity contribution < 1.29 is 18.5 Å². The van der Waals surface area contributed by atoms with E-state index in [1.54, 1.807) is 0 Å². The molecule has 0 saturated carbocycles. The third-order valence-corrected chi connectivity index (χ3v) is 2.03. The summed E-state index contributed by atoms with van der Waals surface area (Å²) in [5, 5.41) is 10.3. The van der Waals surface area contributed by atoms with E-state index in [2.05, 4.69) is 4.52 Å². The van der Waals surface area contributed by atoms with Crippen LogP contribution in [0.4, 0.5) is 5.69 Å². The second kappa shape index (κ2) is 4.64. The highest BCUT2D eigenvalue weighted by Crippen LogP contribution is 2.27. The first kappa shape index (κ1) is 10.6. The Morgan fingerprint density at radius 1 is 1.36 bits per heavy atom. The fourth-order valence-electron chi connectivity index (χ4n) is 0.752. The van der Waals surface area contributed by atoms with Crippen LogP contribution in [-0.4, -0.2) is 12.0 Å². The molecule has 1 aromatic rings. The second-order valence-corrected chi connectivity index (χ2v) is 3.24. The second-order valence-electron chi connectivity index (χ2n) is 2.25. The molecule has 0 bridgehead atoms. The smallest absolute Gasteiger partial charge is 0.258 e. The van der Waals surface area contributed by atoms with Crippen LogP contribution in [0.5, 0.6) is 5.75 Å². The first-order chi connectivity index (χ1) is 6.63. The van der Waals surface area contributed by atoms with Gasteiger partial charge in [0, 0.05) is 16.7 Å². The molecule has 0 aliphatic rings. The Kier molecular flexibility index (Phi) is 3.50. The van der Waals surface area contributed by atoms with E-state index in [0.717, 1.165) is 0 Å². The van der Waals surface area contributed by atoms with Crippen LogP contribution in [0.15, 0.2) is 24.3 Å². The SMILES string of the molecule is CO[P+](=O)Oc1ccc([N+](=O)[O-])cc1. The van der Waals surface area contributed by atoms with Crippen molar-refractivity contribution in [2.45, 2.75) is 0 Å². The van der Waals surface area contributed by atoms with Gasteiger partial charge in [0.2, 0.25) is 0 Å². The Hall–Kier alpha value is -1.52. The Morgan fingerprint density at radius 3 is 2.36 bits per heavy atom. The van der Waals surface area contributed by atoms with Crippen molar-refractivity contribution in [3.63, 3.8) is 0 Å². The summed E-state index contributed by atoms with van der Waals surface area (Å²) in [6.45, 7) is 0. The van der Waals surface area contributed by atoms with Gasteiger partial charge in [0.05, 0.1) is 12.0 Å². The topological polar surface area (TPSA) is 78.7 Å². The first-order valence-electron chi connectivity index (χ1n) is 3.57. The summed E-state index contributed by atoms with van der Waals surface area (Å²) in [5.41, 5.74) is -0.0509. The minimum Gasteiger partial charge on any atom is -0.258 e. The molecule has 0 heterocycles. The van der Waals surface area contributed by atoms with Gasteiger partial charge in [-0.3, -0.25) is 10.1 Å². The molecular weight excluding hydrogens is 209 g/mol. The molecule has 0 N–H and O–H groups in total. The molecule has 1 aromatic carbocycles. The van der Waals surface area contributed by atoms with Crippen LogP contribution < -0.4 is 4.52 Å². The molecular formula is C7H7NO5P+. The van der Waals surface area contributed by atoms with Crippen molar-refractivity contribution >= 4 is 13.9 Å². The Balaban J connectivity index is 2.73. The van der Waals surface area contributed by atoms with Gasteiger partial charge in [-0.1, -0.05) is 0 Å². The molecule has 0 aromatic heterocycles. The van der Waals surface area contributed by atoms with Gasteiger partial charge in [0.25, 0.3) is 5.69 Å². The van der Waals surface area contributed by atoms with E-state index >= 15 is 0 Å². The summed E-state index contributed by atoms with van der Waals surface area (Å²) in [6, 6.07) is 5.22. The summed E-state index contributed by atoms with van der Waals surface area (Å²) in [5.74, 6) is 0.263. The molecule has 0 aliphatic carbocycles. The fraction of sp³-hybridized carbons (Fsp3) is 0.143. The number of nitro groups is 1. The van der Waals surface area contributed by atoms with Gasteiger partial charge in [-0.2, -0.15) is 0 Å². The maximum absolute atomic E-state index is 10.8. The molecule has 0 aliphatic heterocycles. The Labute approximate surface area is 80.6 Å². The predicted octanol–water partition coefficient (Wildman–Crippen LogP) is 2.28. The zero-order valence-electron chi connectivity index (χ0n) is 7.25. The lowest BCUT2D eigenvalue weighted by atomic mass is 10.3. The Morgan fingerprint density at radius 2 is 1.93 bits per heavy atom. The number of nitro benzene ring substituents is 1. The molecule has 0 amide bonds. The van der Waals surface area contributed by atoms with E-state index in [1.807, 2.05) is 0 Å². The molecule has 0 fully saturated rings. The van der Waals surface area contributed by atoms with Gasteiger partial charge in [0.1, 0.15) is 0 Å². The number of rotatable bonds is 4. The van der Waals surface area contributed by atoms with Crippen molar-refractivity contribution in [2.75, 3.05) is 7.11 Å². The molecule has 1 unspecified atom stereocenters. The van der Waals surface area contributed by atoms with Crippen molar-refractivity contribution in [2.24, 2.45) is 0 Å². The van der Waals surface area contributed by atoms with Crippen LogP contribution in [-0.2, 0) is 9.09 Å². The molecule has 1 rings (SSSR count). The van der Waals surface area contributed by atoms with Crippen LogP contribution in [0.2, 0.25) is 0 Å². The summed E-state index contributed by atoms with van der Waals surface area (Å²) in [4.78, 5) is 9.75. The lowest BCUT2D eigenvalue weighted by Crippen LogP contribution is -1.87. The summed E-state index contributed by atoms with van der Waals surface area (Å²) in [7, 11) is -0.959. The molecule has 6 nitrogen and oxygen atoms in total. The zero-order valence-corrected chi connectivity index (χ0v) is 8.14. The Bertz CT molecular complexity index is 350. The summed E-state index contributed by atoms with van der Waals surface area (Å²) >= 11 is 0. The minimum absolute atomic E-state index is 0.0509. The van der Waals surface area contributed by atoms with Gasteiger partial charge in [-0.05, 0) is 12.1 Å². The highest BCUT2D eigenvalue weighted by atomic mass is 31.1. The maximum Gasteiger partial charge on any atom is 0.749 e. The van der Waals surface area contributed by atoms with Gasteiger partial charge in [-0.25, -0.2) is 4.52 Å². The highest BCUT2D eigenvalue weighted by molar-refractivity contribution is 7.33. The lowest BCUT2D eigenvalue weighted by Gasteiger charge is -1.91. The lowest BCUT2D eigenvalue weighted by molar-refractivity contribution is -0.384. The van der Waals surface area contributed by atoms with Crippen LogP contribution in [0, 0.1) is 10.1 Å². The number of non-ortho nitro benzene ring substituents is 1. The normalized spacial score (nSPS) is 10.8. The van der Waals surface area contributed by atoms with Crippen molar-refractivity contribution in [1.29, 1.82) is 0 Å². The van der Waals surface area contributed by atoms with Gasteiger partial charge < -0.3 is 0 Å². The van der Waals surface area contributed by atoms with Gasteiger partial charge in [0.15, 0.2) is 5.75 Å². The predicted molar refractivity (Wildman–Crippen MR) is 48.3 cm³/mol. The average molecular weight is 216 g/mol. The van der Waals surface area contributed by atoms with Gasteiger partial charge in [-0.15, -0.1) is 4.52 Å². The van der Waals surface area contributed by atoms with Crippen LogP contribution in [0.25, 0.3) is 0 Å². The van der Waals surface area contributed by atoms with E-state index in [9.17, 15) is 14.7 Å². The zero-order chi connectivity index (χ0) is 10.6. The third-order valence-electron chi connectivity index (χ3n) is 1.38. The molecule has 0 saturated heterocycles. The largest absolute Gasteiger partial charge is 0.749 e. The maximum atomic E-state index is 10.8. The summed E-state index contributed by atoms with van der Waals surface area (Å²) < 4.78 is 19.9. The molecule has 74 valence electrons. The minimum atomic E-state index is -2.20. The summed E-state index contributed by atoms with van der Waals surface area (Å²) in [6.07, 6.45) is 0. The number of nitrogens with zero attached hydrogens (tertiary/aromatic N) is 1. The van der Waals surface area contributed by atoms with Crippen molar-refractivity contribution in [3.8, 4) is 5.75 Å². The number of hydrogen-bond acceptors (Lipinski definition) is 5. The van der Waals surface area contributed by atoms with E-state index in [1.165, 1.54) is 31.4 Å². The molecule has 1 atom stereocenters. The van der Waals surface area contributed by atoms with Gasteiger partial charge >= 0.3 is 8.25 Å². The monoisotopic (exact) mass is 216 g/mol. The number of benzene rings is 1. The van der Waals surface area contributed by atoms with E-state index < -0.39 is 13.2 Å². The molecule has 0 spiro atoms. The highest BCUT2D eigenvalue weighted by Gasteiger charge is 2.19. The molecule has 14 heavy (non-hydrogen) atoms. The van der Waals surface area contributed by atoms with Crippen LogP contribution in [0.3, 0.4) is 0 Å². The molecule has 0 radical (unpaired) electrons. The molecule has 7 heteroatoms. The van der Waals surface area contributed by atoms with E-state index in [0.29, 0.717) is 0 Å². The average Bonchev–Trinajstić information content (AvgIpc) is 2.18. The fourth-order valence-corrected chi connectivity index (χ4v) is 1.12. The van der Waals surface area contributed by atoms with E-state index in [4.69, 9.17) is 4.52 Å². The third kappa shape index (κ3) is 2.76. The van der Waals surface area contributed by atoms with Crippen molar-refractivity contribution in [3.05, 3.63) is 34.4 Å². The van der Waals surface area contributed by atoms with Crippen molar-refractivity contribution in [1.82, 2.24) is 0 Å². The quantitative estimate of drug-likeness (QED) is 0.438. The van der Waals surface area contributed by atoms with Crippen LogP contribution in [0.1, 0.15) is 0 Å². The number of hydrogen-bond donors (Lipinski definition) is 0. The van der Waals surface area contributed by atoms with Crippen LogP contribution >= 0.6 is 8.25 Å². The standard InChI is InChI=1S/C7H7NO5P/c1-12-14(11)13-7-4-2-6(3-5-7)8(9)10/h2-5H,1H3/q+1. The first-order valence-corrected chi connectivity index (χ1v) is 4.67.